The molecule has 0 radical (unpaired) electrons. The van der Waals surface area contributed by atoms with Crippen molar-refractivity contribution in [1.29, 1.82) is 0 Å². The van der Waals surface area contributed by atoms with Crippen LogP contribution >= 0.6 is 0 Å². The third kappa shape index (κ3) is 2.96. The van der Waals surface area contributed by atoms with Crippen molar-refractivity contribution in [1.82, 2.24) is 10.2 Å². The average molecular weight is 503 g/mol. The Morgan fingerprint density at radius 3 is 2.31 bits per heavy atom. The molecule has 0 bridgehead atoms. The van der Waals surface area contributed by atoms with Gasteiger partial charge in [-0.15, -0.1) is 0 Å². The fraction of sp³-hybridized carbons (Fsp3) is 0.933. The molecule has 0 heterocycles. The summed E-state index contributed by atoms with van der Waals surface area (Å²) in [5.74, 6) is 0.982. The van der Waals surface area contributed by atoms with Crippen molar-refractivity contribution < 1.29 is 19.8 Å². The van der Waals surface area contributed by atoms with Crippen LogP contribution in [0.2, 0.25) is 0 Å². The van der Waals surface area contributed by atoms with Crippen molar-refractivity contribution in [3.8, 4) is 0 Å². The molecule has 204 valence electrons. The third-order valence-corrected chi connectivity index (χ3v) is 13.2. The summed E-state index contributed by atoms with van der Waals surface area (Å²) in [4.78, 5) is 29.2. The fourth-order valence-corrected chi connectivity index (χ4v) is 11.0. The Morgan fingerprint density at radius 2 is 1.72 bits per heavy atom. The zero-order valence-corrected chi connectivity index (χ0v) is 23.9. The van der Waals surface area contributed by atoms with E-state index in [0.717, 1.165) is 38.5 Å². The smallest absolute Gasteiger partial charge is 0.222 e. The Labute approximate surface area is 218 Å². The van der Waals surface area contributed by atoms with Gasteiger partial charge in [0.05, 0.1) is 12.7 Å². The van der Waals surface area contributed by atoms with E-state index in [1.165, 1.54) is 0 Å². The SMILES string of the molecule is CC(C)C(=O)N[C@H]1CCC23C[C@]24C(=O)C[C@]2(C)[C@@H](C(C)N(C)C)[C@H](O)C[C@@]2(C)C4CCC3[C@]1(C)CO. The van der Waals surface area contributed by atoms with Crippen LogP contribution in [-0.2, 0) is 9.59 Å². The number of nitrogens with one attached hydrogen (secondary N) is 1. The van der Waals surface area contributed by atoms with E-state index >= 15 is 0 Å². The first kappa shape index (κ1) is 26.6. The summed E-state index contributed by atoms with van der Waals surface area (Å²) in [5, 5.41) is 25.5. The normalized spacial score (nSPS) is 52.3. The number of nitrogens with zero attached hydrogens (tertiary/aromatic N) is 1. The third-order valence-electron chi connectivity index (χ3n) is 13.2. The number of fused-ring (bicyclic) bond motifs is 2. The van der Waals surface area contributed by atoms with Gasteiger partial charge in [0.2, 0.25) is 5.91 Å². The molecule has 2 spiro atoms. The summed E-state index contributed by atoms with van der Waals surface area (Å²) in [6.07, 6.45) is 5.60. The Balaban J connectivity index is 1.51. The van der Waals surface area contributed by atoms with Crippen LogP contribution in [0.15, 0.2) is 0 Å². The van der Waals surface area contributed by atoms with Gasteiger partial charge >= 0.3 is 0 Å². The van der Waals surface area contributed by atoms with Crippen molar-refractivity contribution >= 4 is 11.7 Å². The van der Waals surface area contributed by atoms with Gasteiger partial charge in [-0.1, -0.05) is 34.6 Å². The maximum absolute atomic E-state index is 14.4. The molecular weight excluding hydrogens is 452 g/mol. The number of carbonyl (C=O) groups excluding carboxylic acids is 2. The predicted molar refractivity (Wildman–Crippen MR) is 140 cm³/mol. The molecule has 0 saturated heterocycles. The lowest BCUT2D eigenvalue weighted by atomic mass is 9.41. The zero-order valence-electron chi connectivity index (χ0n) is 23.9. The van der Waals surface area contributed by atoms with Crippen LogP contribution in [0.5, 0.6) is 0 Å². The van der Waals surface area contributed by atoms with Crippen LogP contribution in [0.25, 0.3) is 0 Å². The first-order valence-electron chi connectivity index (χ1n) is 14.5. The van der Waals surface area contributed by atoms with Crippen LogP contribution in [0.4, 0.5) is 0 Å². The fourth-order valence-electron chi connectivity index (χ4n) is 11.0. The highest BCUT2D eigenvalue weighted by atomic mass is 16.3. The zero-order chi connectivity index (χ0) is 26.6. The number of ketones is 1. The van der Waals surface area contributed by atoms with Crippen molar-refractivity contribution in [2.45, 2.75) is 105 Å². The van der Waals surface area contributed by atoms with Crippen LogP contribution in [0.1, 0.15) is 86.5 Å². The molecular formula is C30H50N2O4. The molecule has 5 saturated carbocycles. The van der Waals surface area contributed by atoms with E-state index in [1.807, 2.05) is 13.8 Å². The van der Waals surface area contributed by atoms with Gasteiger partial charge in [-0.3, -0.25) is 9.59 Å². The average Bonchev–Trinajstić information content (AvgIpc) is 3.44. The van der Waals surface area contributed by atoms with Crippen LogP contribution in [0, 0.1) is 50.7 Å². The van der Waals surface area contributed by atoms with Crippen molar-refractivity contribution in [2.75, 3.05) is 20.7 Å². The minimum atomic E-state index is -0.420. The summed E-state index contributed by atoms with van der Waals surface area (Å²) < 4.78 is 0. The summed E-state index contributed by atoms with van der Waals surface area (Å²) in [7, 11) is 4.16. The van der Waals surface area contributed by atoms with Crippen LogP contribution in [0.3, 0.4) is 0 Å². The molecule has 3 N–H and O–H groups in total. The highest BCUT2D eigenvalue weighted by Crippen LogP contribution is 2.87. The second kappa shape index (κ2) is 8.02. The van der Waals surface area contributed by atoms with Crippen LogP contribution in [-0.4, -0.2) is 65.7 Å². The first-order chi connectivity index (χ1) is 16.7. The quantitative estimate of drug-likeness (QED) is 0.534. The summed E-state index contributed by atoms with van der Waals surface area (Å²) in [6, 6.07) is 0.149. The van der Waals surface area contributed by atoms with E-state index < -0.39 is 11.5 Å². The molecule has 5 aliphatic carbocycles. The van der Waals surface area contributed by atoms with Gasteiger partial charge < -0.3 is 20.4 Å². The number of aliphatic hydroxyl groups excluding tert-OH is 2. The molecule has 6 nitrogen and oxygen atoms in total. The maximum Gasteiger partial charge on any atom is 0.222 e. The van der Waals surface area contributed by atoms with E-state index in [4.69, 9.17) is 0 Å². The van der Waals surface area contributed by atoms with Crippen molar-refractivity contribution in [3.05, 3.63) is 0 Å². The second-order valence-electron chi connectivity index (χ2n) is 14.8. The molecule has 1 amide bonds. The molecule has 5 rings (SSSR count). The molecule has 4 unspecified atom stereocenters. The molecule has 11 atom stereocenters. The second-order valence-corrected chi connectivity index (χ2v) is 14.8. The lowest BCUT2D eigenvalue weighted by Gasteiger charge is -2.63. The van der Waals surface area contributed by atoms with Gasteiger partial charge in [0, 0.05) is 41.2 Å². The number of Topliss-reactive ketones (excluding diaryl/α,β-unsaturated/α-hetero) is 1. The Bertz CT molecular complexity index is 951. The first-order valence-corrected chi connectivity index (χ1v) is 14.5. The van der Waals surface area contributed by atoms with E-state index in [2.05, 4.69) is 52.0 Å². The lowest BCUT2D eigenvalue weighted by Crippen LogP contribution is -2.64. The summed E-state index contributed by atoms with van der Waals surface area (Å²) in [5.41, 5.74) is -1.10. The summed E-state index contributed by atoms with van der Waals surface area (Å²) >= 11 is 0. The molecule has 6 heteroatoms. The number of amides is 1. The summed E-state index contributed by atoms with van der Waals surface area (Å²) in [6.45, 7) is 12.9. The van der Waals surface area contributed by atoms with Gasteiger partial charge in [-0.25, -0.2) is 0 Å². The number of aliphatic hydroxyl groups is 2. The monoisotopic (exact) mass is 502 g/mol. The molecule has 0 aromatic carbocycles. The highest BCUT2D eigenvalue weighted by Gasteiger charge is 2.86. The van der Waals surface area contributed by atoms with Crippen molar-refractivity contribution in [2.24, 2.45) is 50.7 Å². The minimum Gasteiger partial charge on any atom is -0.396 e. The molecule has 5 fully saturated rings. The van der Waals surface area contributed by atoms with Gasteiger partial charge in [-0.05, 0) is 87.6 Å². The van der Waals surface area contributed by atoms with E-state index in [0.29, 0.717) is 12.2 Å². The molecule has 0 aromatic heterocycles. The van der Waals surface area contributed by atoms with Gasteiger partial charge in [0.15, 0.2) is 0 Å². The number of hydrogen-bond acceptors (Lipinski definition) is 5. The number of carbonyl (C=O) groups is 2. The standard InChI is InChI=1S/C30H50N2O4/c1-17(2)25(36)31-22-11-12-29-15-30(29)21(10-9-20(29)26(22,4)16-33)27(5)13-19(34)24(18(3)32(7)8)28(27,6)14-23(30)35/h17-22,24,33-34H,9-16H2,1-8H3,(H,31,36)/t18?,19-,20?,21?,22+,24+,26+,27+,28-,29?,30+/m1/s1. The topological polar surface area (TPSA) is 89.9 Å². The predicted octanol–water partition coefficient (Wildman–Crippen LogP) is 3.64. The molecule has 36 heavy (non-hydrogen) atoms. The van der Waals surface area contributed by atoms with E-state index in [-0.39, 0.29) is 69.9 Å². The number of hydrogen-bond donors (Lipinski definition) is 3. The Hall–Kier alpha value is -0.980. The lowest BCUT2D eigenvalue weighted by molar-refractivity contribution is -0.173. The van der Waals surface area contributed by atoms with Crippen LogP contribution < -0.4 is 5.32 Å². The molecule has 0 aromatic rings. The van der Waals surface area contributed by atoms with E-state index in [1.54, 1.807) is 0 Å². The Kier molecular flexibility index (Phi) is 5.93. The van der Waals surface area contributed by atoms with Gasteiger partial charge in [0.25, 0.3) is 0 Å². The van der Waals surface area contributed by atoms with Crippen molar-refractivity contribution in [3.63, 3.8) is 0 Å². The minimum absolute atomic E-state index is 0.0352. The highest BCUT2D eigenvalue weighted by molar-refractivity contribution is 5.92. The Morgan fingerprint density at radius 1 is 1.08 bits per heavy atom. The number of rotatable bonds is 5. The van der Waals surface area contributed by atoms with E-state index in [9.17, 15) is 19.8 Å². The maximum atomic E-state index is 14.4. The van der Waals surface area contributed by atoms with Gasteiger partial charge in [-0.2, -0.15) is 0 Å². The largest absolute Gasteiger partial charge is 0.396 e. The van der Waals surface area contributed by atoms with Gasteiger partial charge in [0.1, 0.15) is 5.78 Å². The molecule has 5 aliphatic rings. The molecule has 0 aliphatic heterocycles.